The second kappa shape index (κ2) is 10.0. The third-order valence-corrected chi connectivity index (χ3v) is 4.84. The van der Waals surface area contributed by atoms with E-state index in [1.165, 1.54) is 23.3 Å². The zero-order valence-corrected chi connectivity index (χ0v) is 15.6. The van der Waals surface area contributed by atoms with Gasteiger partial charge in [0.2, 0.25) is 0 Å². The van der Waals surface area contributed by atoms with Crippen molar-refractivity contribution in [1.29, 1.82) is 0 Å². The molecule has 0 saturated heterocycles. The smallest absolute Gasteiger partial charge is 0.123 e. The summed E-state index contributed by atoms with van der Waals surface area (Å²) in [6.45, 7) is 3.27. The maximum atomic E-state index is 13.2. The summed E-state index contributed by atoms with van der Waals surface area (Å²) in [7, 11) is 0. The second-order valence-electron chi connectivity index (χ2n) is 6.88. The Morgan fingerprint density at radius 3 is 1.85 bits per heavy atom. The van der Waals surface area contributed by atoms with Gasteiger partial charge in [-0.1, -0.05) is 72.8 Å². The Bertz CT molecular complexity index is 748. The summed E-state index contributed by atoms with van der Waals surface area (Å²) in [4.78, 5) is 2.42. The van der Waals surface area contributed by atoms with Crippen LogP contribution in [0.5, 0.6) is 0 Å². The van der Waals surface area contributed by atoms with E-state index < -0.39 is 0 Å². The van der Waals surface area contributed by atoms with E-state index in [0.29, 0.717) is 6.54 Å². The van der Waals surface area contributed by atoms with Gasteiger partial charge in [0.1, 0.15) is 5.82 Å². The van der Waals surface area contributed by atoms with Crippen LogP contribution in [0.25, 0.3) is 0 Å². The molecule has 27 heavy (non-hydrogen) atoms. The van der Waals surface area contributed by atoms with Crippen molar-refractivity contribution in [1.82, 2.24) is 4.90 Å². The molecule has 0 atom stereocenters. The molecule has 0 saturated carbocycles. The molecule has 0 radical (unpaired) electrons. The van der Waals surface area contributed by atoms with Gasteiger partial charge in [0, 0.05) is 19.0 Å². The lowest BCUT2D eigenvalue weighted by molar-refractivity contribution is 0.255. The normalized spacial score (nSPS) is 11.3. The lowest BCUT2D eigenvalue weighted by atomic mass is 9.90. The van der Waals surface area contributed by atoms with Crippen molar-refractivity contribution in [2.45, 2.75) is 18.9 Å². The minimum Gasteiger partial charge on any atom is -0.330 e. The highest BCUT2D eigenvalue weighted by Crippen LogP contribution is 2.26. The topological polar surface area (TPSA) is 29.3 Å². The van der Waals surface area contributed by atoms with Crippen molar-refractivity contribution in [3.05, 3.63) is 107 Å². The molecule has 2 N–H and O–H groups in total. The number of hydrogen-bond donors (Lipinski definition) is 1. The van der Waals surface area contributed by atoms with Gasteiger partial charge < -0.3 is 5.73 Å². The average molecular weight is 362 g/mol. The Morgan fingerprint density at radius 1 is 0.778 bits per heavy atom. The molecular weight excluding hydrogens is 335 g/mol. The zero-order valence-electron chi connectivity index (χ0n) is 15.6. The molecule has 0 heterocycles. The van der Waals surface area contributed by atoms with E-state index in [-0.39, 0.29) is 11.7 Å². The van der Waals surface area contributed by atoms with Crippen molar-refractivity contribution >= 4 is 0 Å². The maximum Gasteiger partial charge on any atom is 0.123 e. The number of benzene rings is 3. The lowest BCUT2D eigenvalue weighted by Crippen LogP contribution is -2.31. The molecule has 0 unspecified atom stereocenters. The van der Waals surface area contributed by atoms with E-state index in [4.69, 9.17) is 5.73 Å². The summed E-state index contributed by atoms with van der Waals surface area (Å²) in [5.74, 6) is 0.0873. The first-order valence-corrected chi connectivity index (χ1v) is 9.53. The first kappa shape index (κ1) is 19.3. The lowest BCUT2D eigenvalue weighted by Gasteiger charge is -2.28. The Kier molecular flexibility index (Phi) is 7.14. The second-order valence-corrected chi connectivity index (χ2v) is 6.88. The van der Waals surface area contributed by atoms with Crippen LogP contribution in [-0.4, -0.2) is 24.5 Å². The minimum absolute atomic E-state index is 0.196. The van der Waals surface area contributed by atoms with Crippen molar-refractivity contribution in [2.75, 3.05) is 19.6 Å². The summed E-state index contributed by atoms with van der Waals surface area (Å²) < 4.78 is 13.2. The maximum absolute atomic E-state index is 13.2. The highest BCUT2D eigenvalue weighted by molar-refractivity contribution is 5.33. The molecule has 0 aliphatic heterocycles. The van der Waals surface area contributed by atoms with Crippen LogP contribution in [-0.2, 0) is 6.54 Å². The quantitative estimate of drug-likeness (QED) is 0.592. The number of hydrogen-bond acceptors (Lipinski definition) is 2. The van der Waals surface area contributed by atoms with E-state index in [9.17, 15) is 4.39 Å². The Hall–Kier alpha value is -2.49. The van der Waals surface area contributed by atoms with Crippen molar-refractivity contribution in [2.24, 2.45) is 5.73 Å². The van der Waals surface area contributed by atoms with Gasteiger partial charge in [0.25, 0.3) is 0 Å². The molecular formula is C24H27FN2. The third-order valence-electron chi connectivity index (χ3n) is 4.84. The van der Waals surface area contributed by atoms with Gasteiger partial charge in [-0.15, -0.1) is 0 Å². The molecule has 3 heteroatoms. The van der Waals surface area contributed by atoms with Crippen LogP contribution >= 0.6 is 0 Å². The molecule has 0 spiro atoms. The largest absolute Gasteiger partial charge is 0.330 e. The molecule has 140 valence electrons. The Balaban J connectivity index is 1.83. The average Bonchev–Trinajstić information content (AvgIpc) is 2.73. The standard InChI is InChI=1S/C24H27FN2/c25-23-14-12-20(13-15-23)18-27(17-7-16-26)19-24(21-8-3-1-4-9-21)22-10-5-2-6-11-22/h1-6,8-15,24H,7,16-19,26H2. The summed E-state index contributed by atoms with van der Waals surface area (Å²) >= 11 is 0. The van der Waals surface area contributed by atoms with E-state index in [1.807, 2.05) is 12.1 Å². The van der Waals surface area contributed by atoms with Crippen LogP contribution < -0.4 is 5.73 Å². The zero-order chi connectivity index (χ0) is 18.9. The van der Waals surface area contributed by atoms with Crippen molar-refractivity contribution < 1.29 is 4.39 Å². The van der Waals surface area contributed by atoms with E-state index >= 15 is 0 Å². The van der Waals surface area contributed by atoms with E-state index in [0.717, 1.165) is 31.6 Å². The number of nitrogens with zero attached hydrogens (tertiary/aromatic N) is 1. The summed E-state index contributed by atoms with van der Waals surface area (Å²) in [6.07, 6.45) is 0.942. The molecule has 0 aromatic heterocycles. The first-order chi connectivity index (χ1) is 13.3. The van der Waals surface area contributed by atoms with Gasteiger partial charge in [-0.2, -0.15) is 0 Å². The number of nitrogens with two attached hydrogens (primary N) is 1. The van der Waals surface area contributed by atoms with Crippen LogP contribution in [0.15, 0.2) is 84.9 Å². The molecule has 0 bridgehead atoms. The van der Waals surface area contributed by atoms with Gasteiger partial charge in [0.05, 0.1) is 0 Å². The van der Waals surface area contributed by atoms with Crippen LogP contribution in [0.3, 0.4) is 0 Å². The van der Waals surface area contributed by atoms with E-state index in [1.54, 1.807) is 0 Å². The van der Waals surface area contributed by atoms with Crippen LogP contribution in [0.4, 0.5) is 4.39 Å². The fourth-order valence-electron chi connectivity index (χ4n) is 3.43. The predicted molar refractivity (Wildman–Crippen MR) is 110 cm³/mol. The van der Waals surface area contributed by atoms with Crippen LogP contribution in [0.1, 0.15) is 29.0 Å². The summed E-state index contributed by atoms with van der Waals surface area (Å²) in [5.41, 5.74) is 9.50. The fourth-order valence-corrected chi connectivity index (χ4v) is 3.43. The molecule has 0 aliphatic carbocycles. The fraction of sp³-hybridized carbons (Fsp3) is 0.250. The molecule has 3 rings (SSSR count). The third kappa shape index (κ3) is 5.75. The number of halogens is 1. The molecule has 0 fully saturated rings. The monoisotopic (exact) mass is 362 g/mol. The van der Waals surface area contributed by atoms with Gasteiger partial charge in [-0.3, -0.25) is 4.90 Å². The van der Waals surface area contributed by atoms with E-state index in [2.05, 4.69) is 65.6 Å². The Labute approximate surface area is 161 Å². The predicted octanol–water partition coefficient (Wildman–Crippen LogP) is 4.81. The Morgan fingerprint density at radius 2 is 1.33 bits per heavy atom. The van der Waals surface area contributed by atoms with Crippen molar-refractivity contribution in [3.63, 3.8) is 0 Å². The SMILES string of the molecule is NCCCN(Cc1ccc(F)cc1)CC(c1ccccc1)c1ccccc1. The van der Waals surface area contributed by atoms with Gasteiger partial charge in [-0.25, -0.2) is 4.39 Å². The first-order valence-electron chi connectivity index (χ1n) is 9.53. The van der Waals surface area contributed by atoms with Crippen molar-refractivity contribution in [3.8, 4) is 0 Å². The number of rotatable bonds is 9. The highest BCUT2D eigenvalue weighted by Gasteiger charge is 2.18. The van der Waals surface area contributed by atoms with Gasteiger partial charge >= 0.3 is 0 Å². The highest BCUT2D eigenvalue weighted by atomic mass is 19.1. The molecule has 3 aromatic carbocycles. The van der Waals surface area contributed by atoms with Crippen LogP contribution in [0, 0.1) is 5.82 Å². The van der Waals surface area contributed by atoms with Gasteiger partial charge in [0.15, 0.2) is 0 Å². The molecule has 0 aliphatic rings. The molecule has 0 amide bonds. The molecule has 2 nitrogen and oxygen atoms in total. The molecule has 3 aromatic rings. The van der Waals surface area contributed by atoms with Gasteiger partial charge in [-0.05, 0) is 48.3 Å². The van der Waals surface area contributed by atoms with Crippen LogP contribution in [0.2, 0.25) is 0 Å². The minimum atomic E-state index is -0.196. The summed E-state index contributed by atoms with van der Waals surface area (Å²) in [5, 5.41) is 0. The summed E-state index contributed by atoms with van der Waals surface area (Å²) in [6, 6.07) is 28.0.